The molecule has 0 saturated carbocycles. The van der Waals surface area contributed by atoms with Crippen LogP contribution in [0.2, 0.25) is 0 Å². The van der Waals surface area contributed by atoms with E-state index in [1.54, 1.807) is 11.8 Å². The van der Waals surface area contributed by atoms with Gasteiger partial charge in [0.1, 0.15) is 0 Å². The normalized spacial score (nSPS) is 19.5. The Labute approximate surface area is 169 Å². The monoisotopic (exact) mass is 392 g/mol. The van der Waals surface area contributed by atoms with Crippen LogP contribution in [0.1, 0.15) is 16.8 Å². The number of carbonyl (C=O) groups excluding carboxylic acids is 1. The molecule has 3 aromatic carbocycles. The van der Waals surface area contributed by atoms with Crippen molar-refractivity contribution < 1.29 is 9.90 Å². The highest BCUT2D eigenvalue weighted by Crippen LogP contribution is 2.31. The first kappa shape index (κ1) is 19.0. The maximum absolute atomic E-state index is 12.9. The van der Waals surface area contributed by atoms with Gasteiger partial charge in [-0.05, 0) is 52.8 Å². The zero-order valence-electron chi connectivity index (χ0n) is 15.8. The summed E-state index contributed by atoms with van der Waals surface area (Å²) < 4.78 is 0. The number of hydrogen-bond acceptors (Lipinski definition) is 4. The Morgan fingerprint density at radius 2 is 1.79 bits per heavy atom. The van der Waals surface area contributed by atoms with E-state index in [9.17, 15) is 9.90 Å². The Hall–Kier alpha value is -2.34. The molecule has 3 aromatic rings. The van der Waals surface area contributed by atoms with Gasteiger partial charge in [0.15, 0.2) is 0 Å². The zero-order chi connectivity index (χ0) is 19.5. The summed E-state index contributed by atoms with van der Waals surface area (Å²) in [5.74, 6) is -0.0959. The van der Waals surface area contributed by atoms with Gasteiger partial charge in [-0.15, -0.1) is 11.8 Å². The lowest BCUT2D eigenvalue weighted by Gasteiger charge is -2.27. The van der Waals surface area contributed by atoms with Crippen molar-refractivity contribution in [3.8, 4) is 11.1 Å². The van der Waals surface area contributed by atoms with Crippen molar-refractivity contribution >= 4 is 28.4 Å². The number of aliphatic hydroxyl groups excluding tert-OH is 1. The third-order valence-electron chi connectivity index (χ3n) is 5.23. The number of benzene rings is 3. The maximum Gasteiger partial charge on any atom is 0.252 e. The number of aliphatic hydroxyl groups is 1. The first-order valence-electron chi connectivity index (χ1n) is 9.51. The molecule has 1 heterocycles. The van der Waals surface area contributed by atoms with E-state index in [1.165, 1.54) is 4.90 Å². The van der Waals surface area contributed by atoms with Crippen LogP contribution in [0.15, 0.2) is 65.6 Å². The molecule has 3 N–H and O–H groups in total. The fourth-order valence-corrected chi connectivity index (χ4v) is 4.23. The number of hydrogen-bond donors (Lipinski definition) is 3. The van der Waals surface area contributed by atoms with E-state index in [0.717, 1.165) is 21.9 Å². The van der Waals surface area contributed by atoms with Gasteiger partial charge < -0.3 is 15.7 Å². The van der Waals surface area contributed by atoms with Crippen molar-refractivity contribution in [3.63, 3.8) is 0 Å². The molecule has 0 aromatic heterocycles. The predicted molar refractivity (Wildman–Crippen MR) is 116 cm³/mol. The van der Waals surface area contributed by atoms with E-state index in [1.807, 2.05) is 24.3 Å². The number of fused-ring (bicyclic) bond motifs is 1. The van der Waals surface area contributed by atoms with Gasteiger partial charge in [0.2, 0.25) is 0 Å². The first-order valence-corrected chi connectivity index (χ1v) is 10.7. The number of thioether (sulfide) groups is 1. The lowest BCUT2D eigenvalue weighted by Crippen LogP contribution is -2.50. The molecule has 28 heavy (non-hydrogen) atoms. The minimum absolute atomic E-state index is 0.0613. The van der Waals surface area contributed by atoms with Crippen molar-refractivity contribution in [2.45, 2.75) is 23.5 Å². The summed E-state index contributed by atoms with van der Waals surface area (Å²) >= 11 is 1.72. The summed E-state index contributed by atoms with van der Waals surface area (Å²) in [5, 5.41) is 18.0. The van der Waals surface area contributed by atoms with Crippen LogP contribution < -0.4 is 10.6 Å². The number of nitrogens with one attached hydrogen (secondary N) is 2. The van der Waals surface area contributed by atoms with E-state index in [4.69, 9.17) is 0 Å². The molecule has 0 spiro atoms. The van der Waals surface area contributed by atoms with Crippen LogP contribution in [0.4, 0.5) is 0 Å². The van der Waals surface area contributed by atoms with Crippen LogP contribution >= 0.6 is 11.8 Å². The van der Waals surface area contributed by atoms with Crippen LogP contribution in [0, 0.1) is 0 Å². The van der Waals surface area contributed by atoms with E-state index in [2.05, 4.69) is 53.3 Å². The number of amides is 1. The molecular weight excluding hydrogens is 368 g/mol. The Morgan fingerprint density at radius 3 is 2.54 bits per heavy atom. The Balaban J connectivity index is 1.67. The molecule has 1 aliphatic heterocycles. The Morgan fingerprint density at radius 1 is 1.04 bits per heavy atom. The molecule has 1 aliphatic rings. The smallest absolute Gasteiger partial charge is 0.252 e. The topological polar surface area (TPSA) is 61.4 Å². The molecule has 1 fully saturated rings. The minimum Gasteiger partial charge on any atom is -0.392 e. The molecule has 2 atom stereocenters. The SMILES string of the molecule is CSc1ccc(-c2cccc3c(C(=O)N[C@@H]4CNC[C@H](O)C4)cccc23)cc1. The average Bonchev–Trinajstić information content (AvgIpc) is 2.73. The van der Waals surface area contributed by atoms with Crippen molar-refractivity contribution in [1.29, 1.82) is 0 Å². The second-order valence-corrected chi connectivity index (χ2v) is 8.03. The number of rotatable bonds is 4. The van der Waals surface area contributed by atoms with E-state index in [-0.39, 0.29) is 11.9 Å². The third kappa shape index (κ3) is 3.92. The maximum atomic E-state index is 12.9. The number of β-amino-alcohol motifs (C(OH)–C–C–N with tert-alkyl or cyclic N) is 1. The highest BCUT2D eigenvalue weighted by Gasteiger charge is 2.22. The molecule has 0 radical (unpaired) electrons. The molecule has 4 nitrogen and oxygen atoms in total. The summed E-state index contributed by atoms with van der Waals surface area (Å²) in [6.07, 6.45) is 2.23. The first-order chi connectivity index (χ1) is 13.7. The van der Waals surface area contributed by atoms with Gasteiger partial charge in [0.05, 0.1) is 6.10 Å². The molecule has 144 valence electrons. The largest absolute Gasteiger partial charge is 0.392 e. The van der Waals surface area contributed by atoms with Crippen molar-refractivity contribution in [2.24, 2.45) is 0 Å². The van der Waals surface area contributed by atoms with Crippen LogP contribution in [-0.2, 0) is 0 Å². The summed E-state index contributed by atoms with van der Waals surface area (Å²) in [5.41, 5.74) is 2.93. The van der Waals surface area contributed by atoms with Gasteiger partial charge in [0.25, 0.3) is 5.91 Å². The number of carbonyl (C=O) groups is 1. The highest BCUT2D eigenvalue weighted by atomic mass is 32.2. The lowest BCUT2D eigenvalue weighted by molar-refractivity contribution is 0.0878. The summed E-state index contributed by atoms with van der Waals surface area (Å²) in [6.45, 7) is 1.26. The average molecular weight is 393 g/mol. The predicted octanol–water partition coefficient (Wildman–Crippen LogP) is 3.68. The van der Waals surface area contributed by atoms with Crippen LogP contribution in [-0.4, -0.2) is 42.5 Å². The molecule has 1 amide bonds. The van der Waals surface area contributed by atoms with E-state index >= 15 is 0 Å². The minimum atomic E-state index is -0.414. The van der Waals surface area contributed by atoms with Crippen LogP contribution in [0.3, 0.4) is 0 Å². The molecule has 5 heteroatoms. The fourth-order valence-electron chi connectivity index (χ4n) is 3.82. The molecular formula is C23H24N2O2S. The standard InChI is InChI=1S/C23H24N2O2S/c1-28-18-10-8-15(9-11-18)19-4-2-6-21-20(19)5-3-7-22(21)23(27)25-16-12-17(26)14-24-13-16/h2-11,16-17,24,26H,12-14H2,1H3,(H,25,27)/t16-,17+/m0/s1. The second kappa shape index (κ2) is 8.35. The summed E-state index contributed by atoms with van der Waals surface area (Å²) in [6, 6.07) is 20.4. The van der Waals surface area contributed by atoms with Crippen LogP contribution in [0.5, 0.6) is 0 Å². The molecule has 4 rings (SSSR count). The zero-order valence-corrected chi connectivity index (χ0v) is 16.6. The van der Waals surface area contributed by atoms with Gasteiger partial charge in [0, 0.05) is 29.6 Å². The number of piperidine rings is 1. The van der Waals surface area contributed by atoms with Crippen molar-refractivity contribution in [3.05, 3.63) is 66.2 Å². The van der Waals surface area contributed by atoms with Gasteiger partial charge in [-0.2, -0.15) is 0 Å². The lowest BCUT2D eigenvalue weighted by atomic mass is 9.95. The van der Waals surface area contributed by atoms with Crippen molar-refractivity contribution in [2.75, 3.05) is 19.3 Å². The quantitative estimate of drug-likeness (QED) is 0.593. The highest BCUT2D eigenvalue weighted by molar-refractivity contribution is 7.98. The second-order valence-electron chi connectivity index (χ2n) is 7.15. The van der Waals surface area contributed by atoms with Gasteiger partial charge in [-0.25, -0.2) is 0 Å². The summed E-state index contributed by atoms with van der Waals surface area (Å²) in [4.78, 5) is 14.2. The molecule has 1 saturated heterocycles. The van der Waals surface area contributed by atoms with E-state index < -0.39 is 6.10 Å². The summed E-state index contributed by atoms with van der Waals surface area (Å²) in [7, 11) is 0. The third-order valence-corrected chi connectivity index (χ3v) is 5.97. The Bertz CT molecular complexity index is 988. The van der Waals surface area contributed by atoms with Gasteiger partial charge >= 0.3 is 0 Å². The van der Waals surface area contributed by atoms with E-state index in [0.29, 0.717) is 25.1 Å². The molecule has 0 bridgehead atoms. The fraction of sp³-hybridized carbons (Fsp3) is 0.261. The van der Waals surface area contributed by atoms with Gasteiger partial charge in [-0.1, -0.05) is 42.5 Å². The molecule has 0 aliphatic carbocycles. The van der Waals surface area contributed by atoms with Crippen LogP contribution in [0.25, 0.3) is 21.9 Å². The van der Waals surface area contributed by atoms with Gasteiger partial charge in [-0.3, -0.25) is 4.79 Å². The van der Waals surface area contributed by atoms with Crippen molar-refractivity contribution in [1.82, 2.24) is 10.6 Å². The Kier molecular flexibility index (Phi) is 5.67. The molecule has 0 unspecified atom stereocenters.